The minimum atomic E-state index is -0.392. The van der Waals surface area contributed by atoms with E-state index in [0.29, 0.717) is 22.9 Å². The third-order valence-electron chi connectivity index (χ3n) is 4.15. The van der Waals surface area contributed by atoms with E-state index in [4.69, 9.17) is 0 Å². The predicted molar refractivity (Wildman–Crippen MR) is 103 cm³/mol. The van der Waals surface area contributed by atoms with Gasteiger partial charge in [-0.15, -0.1) is 0 Å². The molecule has 132 valence electrons. The lowest BCUT2D eigenvalue weighted by Crippen LogP contribution is -2.36. The lowest BCUT2D eigenvalue weighted by atomic mass is 10.00. The topological polar surface area (TPSA) is 72.8 Å². The van der Waals surface area contributed by atoms with E-state index in [1.807, 2.05) is 36.6 Å². The summed E-state index contributed by atoms with van der Waals surface area (Å²) in [5.41, 5.74) is 2.03. The summed E-state index contributed by atoms with van der Waals surface area (Å²) in [7, 11) is 0. The van der Waals surface area contributed by atoms with Crippen LogP contribution in [0.5, 0.6) is 0 Å². The van der Waals surface area contributed by atoms with Gasteiger partial charge in [-0.25, -0.2) is 4.98 Å². The number of thioether (sulfide) groups is 1. The van der Waals surface area contributed by atoms with E-state index in [0.717, 1.165) is 17.7 Å². The van der Waals surface area contributed by atoms with Crippen molar-refractivity contribution < 1.29 is 0 Å². The van der Waals surface area contributed by atoms with Gasteiger partial charge in [-0.2, -0.15) is 5.26 Å². The van der Waals surface area contributed by atoms with Crippen molar-refractivity contribution in [1.29, 1.82) is 5.26 Å². The van der Waals surface area contributed by atoms with Crippen LogP contribution in [0.15, 0.2) is 34.2 Å². The lowest BCUT2D eigenvalue weighted by molar-refractivity contribution is 0.166. The minimum absolute atomic E-state index is 0.0610. The summed E-state index contributed by atoms with van der Waals surface area (Å²) in [6, 6.07) is 10.6. The Morgan fingerprint density at radius 3 is 2.44 bits per heavy atom. The number of nitrogens with one attached hydrogen (secondary N) is 1. The lowest BCUT2D eigenvalue weighted by Gasteiger charge is -2.31. The molecule has 2 aromatic rings. The van der Waals surface area contributed by atoms with E-state index in [2.05, 4.69) is 42.6 Å². The van der Waals surface area contributed by atoms with Crippen molar-refractivity contribution in [2.45, 2.75) is 51.5 Å². The zero-order valence-electron chi connectivity index (χ0n) is 15.3. The van der Waals surface area contributed by atoms with E-state index >= 15 is 0 Å². The molecule has 1 aromatic heterocycles. The van der Waals surface area contributed by atoms with Gasteiger partial charge in [-0.1, -0.05) is 36.0 Å². The fraction of sp³-hybridized carbons (Fsp3) is 0.421. The molecule has 0 radical (unpaired) electrons. The highest BCUT2D eigenvalue weighted by atomic mass is 32.2. The Labute approximate surface area is 153 Å². The quantitative estimate of drug-likeness (QED) is 0.632. The van der Waals surface area contributed by atoms with Crippen LogP contribution >= 0.6 is 11.8 Å². The van der Waals surface area contributed by atoms with E-state index in [-0.39, 0.29) is 5.56 Å². The van der Waals surface area contributed by atoms with Crippen LogP contribution < -0.4 is 5.56 Å². The van der Waals surface area contributed by atoms with Gasteiger partial charge in [0.05, 0.1) is 5.69 Å². The van der Waals surface area contributed by atoms with Gasteiger partial charge in [0.25, 0.3) is 5.56 Å². The summed E-state index contributed by atoms with van der Waals surface area (Å²) >= 11 is 1.35. The molecule has 0 aliphatic heterocycles. The largest absolute Gasteiger partial charge is 0.300 e. The molecule has 0 aliphatic rings. The first-order chi connectivity index (χ1) is 11.9. The Balaban J connectivity index is 2.61. The van der Waals surface area contributed by atoms with Crippen LogP contribution in [0.1, 0.15) is 38.8 Å². The molecule has 0 aliphatic carbocycles. The number of aromatic nitrogens is 2. The average molecular weight is 356 g/mol. The third-order valence-corrected chi connectivity index (χ3v) is 4.73. The molecule has 0 atom stereocenters. The monoisotopic (exact) mass is 356 g/mol. The van der Waals surface area contributed by atoms with Crippen molar-refractivity contribution in [1.82, 2.24) is 14.9 Å². The molecule has 0 spiro atoms. The molecule has 0 amide bonds. The molecule has 0 saturated heterocycles. The van der Waals surface area contributed by atoms with Crippen LogP contribution in [-0.4, -0.2) is 33.2 Å². The molecule has 0 bridgehead atoms. The van der Waals surface area contributed by atoms with Crippen LogP contribution in [-0.2, 0) is 6.54 Å². The second-order valence-corrected chi connectivity index (χ2v) is 7.22. The van der Waals surface area contributed by atoms with Gasteiger partial charge in [0.2, 0.25) is 0 Å². The number of hydrogen-bond acceptors (Lipinski definition) is 5. The van der Waals surface area contributed by atoms with Crippen molar-refractivity contribution >= 4 is 11.8 Å². The van der Waals surface area contributed by atoms with Gasteiger partial charge in [0.15, 0.2) is 5.16 Å². The number of aromatic amines is 1. The molecule has 1 aromatic carbocycles. The molecule has 0 unspecified atom stereocenters. The van der Waals surface area contributed by atoms with Crippen molar-refractivity contribution in [3.05, 3.63) is 45.7 Å². The standard InChI is InChI=1S/C19H24N4OS/c1-12(2)23(13(3)4)11-14-8-6-7-9-15(14)17-16(10-20)18(24)22-19(21-17)25-5/h6-9,12-13H,11H2,1-5H3,(H,21,22,24). The molecular weight excluding hydrogens is 332 g/mol. The minimum Gasteiger partial charge on any atom is -0.300 e. The number of hydrogen-bond donors (Lipinski definition) is 1. The predicted octanol–water partition coefficient (Wildman–Crippen LogP) is 3.65. The van der Waals surface area contributed by atoms with Gasteiger partial charge >= 0.3 is 0 Å². The van der Waals surface area contributed by atoms with E-state index in [1.54, 1.807) is 0 Å². The zero-order valence-corrected chi connectivity index (χ0v) is 16.1. The van der Waals surface area contributed by atoms with Crippen molar-refractivity contribution in [2.24, 2.45) is 0 Å². The van der Waals surface area contributed by atoms with E-state index in [1.165, 1.54) is 11.8 Å². The number of nitriles is 1. The fourth-order valence-corrected chi connectivity index (χ4v) is 3.27. The average Bonchev–Trinajstić information content (AvgIpc) is 2.58. The molecule has 0 fully saturated rings. The van der Waals surface area contributed by atoms with Gasteiger partial charge in [-0.3, -0.25) is 9.69 Å². The number of H-pyrrole nitrogens is 1. The third kappa shape index (κ3) is 4.30. The first-order valence-corrected chi connectivity index (χ1v) is 9.53. The van der Waals surface area contributed by atoms with Crippen molar-refractivity contribution in [3.8, 4) is 17.3 Å². The van der Waals surface area contributed by atoms with Crippen molar-refractivity contribution in [3.63, 3.8) is 0 Å². The second kappa shape index (κ2) is 8.32. The van der Waals surface area contributed by atoms with Crippen LogP contribution in [0, 0.1) is 11.3 Å². The van der Waals surface area contributed by atoms with E-state index in [9.17, 15) is 10.1 Å². The van der Waals surface area contributed by atoms with E-state index < -0.39 is 5.56 Å². The highest BCUT2D eigenvalue weighted by Gasteiger charge is 2.19. The van der Waals surface area contributed by atoms with Gasteiger partial charge < -0.3 is 4.98 Å². The molecule has 1 N–H and O–H groups in total. The smallest absolute Gasteiger partial charge is 0.270 e. The Hall–Kier alpha value is -2.10. The Morgan fingerprint density at radius 2 is 1.88 bits per heavy atom. The zero-order chi connectivity index (χ0) is 18.6. The number of benzene rings is 1. The van der Waals surface area contributed by atoms with Crippen LogP contribution in [0.4, 0.5) is 0 Å². The Bertz CT molecular complexity index is 828. The molecule has 25 heavy (non-hydrogen) atoms. The SMILES string of the molecule is CSc1nc(-c2ccccc2CN(C(C)C)C(C)C)c(C#N)c(=O)[nH]1. The summed E-state index contributed by atoms with van der Waals surface area (Å²) in [5, 5.41) is 9.96. The maximum Gasteiger partial charge on any atom is 0.270 e. The van der Waals surface area contributed by atoms with Gasteiger partial charge in [0, 0.05) is 24.2 Å². The summed E-state index contributed by atoms with van der Waals surface area (Å²) in [6.07, 6.45) is 1.85. The summed E-state index contributed by atoms with van der Waals surface area (Å²) < 4.78 is 0. The number of nitrogens with zero attached hydrogens (tertiary/aromatic N) is 3. The summed E-state index contributed by atoms with van der Waals surface area (Å²) in [5.74, 6) is 0. The Morgan fingerprint density at radius 1 is 1.24 bits per heavy atom. The first-order valence-electron chi connectivity index (χ1n) is 8.31. The van der Waals surface area contributed by atoms with Crippen LogP contribution in [0.25, 0.3) is 11.3 Å². The van der Waals surface area contributed by atoms with Crippen molar-refractivity contribution in [2.75, 3.05) is 6.26 Å². The van der Waals surface area contributed by atoms with Crippen LogP contribution in [0.3, 0.4) is 0 Å². The Kier molecular flexibility index (Phi) is 6.40. The molecular formula is C19H24N4OS. The maximum absolute atomic E-state index is 12.2. The molecule has 1 heterocycles. The van der Waals surface area contributed by atoms with Crippen LogP contribution in [0.2, 0.25) is 0 Å². The summed E-state index contributed by atoms with van der Waals surface area (Å²) in [4.78, 5) is 21.8. The molecule has 5 nitrogen and oxygen atoms in total. The molecule has 6 heteroatoms. The highest BCUT2D eigenvalue weighted by molar-refractivity contribution is 7.98. The summed E-state index contributed by atoms with van der Waals surface area (Å²) in [6.45, 7) is 9.40. The fourth-order valence-electron chi connectivity index (χ4n) is 2.90. The maximum atomic E-state index is 12.2. The first kappa shape index (κ1) is 19.2. The second-order valence-electron chi connectivity index (χ2n) is 6.43. The normalized spacial score (nSPS) is 11.3. The van der Waals surface area contributed by atoms with Gasteiger partial charge in [0.1, 0.15) is 11.6 Å². The molecule has 0 saturated carbocycles. The molecule has 2 rings (SSSR count). The number of rotatable bonds is 6. The highest BCUT2D eigenvalue weighted by Crippen LogP contribution is 2.27. The van der Waals surface area contributed by atoms with Gasteiger partial charge in [-0.05, 0) is 39.5 Å².